The van der Waals surface area contributed by atoms with Gasteiger partial charge in [-0.3, -0.25) is 9.59 Å². The minimum absolute atomic E-state index is 0.301. The Hall–Kier alpha value is -1.32. The van der Waals surface area contributed by atoms with Crippen LogP contribution in [0.5, 0.6) is 0 Å². The lowest BCUT2D eigenvalue weighted by molar-refractivity contribution is -0.161. The highest BCUT2D eigenvalue weighted by Gasteiger charge is 2.68. The minimum atomic E-state index is -0.446. The molecule has 4 atom stereocenters. The van der Waals surface area contributed by atoms with Crippen LogP contribution in [0.15, 0.2) is 11.1 Å². The third-order valence-corrected chi connectivity index (χ3v) is 5.63. The molecule has 4 nitrogen and oxygen atoms in total. The number of rotatable bonds is 2. The first-order chi connectivity index (χ1) is 8.74. The summed E-state index contributed by atoms with van der Waals surface area (Å²) in [4.78, 5) is 24.4. The van der Waals surface area contributed by atoms with Crippen LogP contribution < -0.4 is 0 Å². The van der Waals surface area contributed by atoms with Crippen LogP contribution in [0.1, 0.15) is 34.1 Å². The van der Waals surface area contributed by atoms with Crippen molar-refractivity contribution in [2.24, 2.45) is 22.7 Å². The topological polar surface area (TPSA) is 52.6 Å². The van der Waals surface area contributed by atoms with Crippen molar-refractivity contribution < 1.29 is 19.1 Å². The number of hydrogen-bond acceptors (Lipinski definition) is 4. The molecule has 0 amide bonds. The van der Waals surface area contributed by atoms with Gasteiger partial charge in [0, 0.05) is 10.8 Å². The molecule has 2 aliphatic carbocycles. The molecule has 0 aliphatic heterocycles. The van der Waals surface area contributed by atoms with Gasteiger partial charge in [0.25, 0.3) is 0 Å². The van der Waals surface area contributed by atoms with E-state index in [0.29, 0.717) is 0 Å². The van der Waals surface area contributed by atoms with Gasteiger partial charge in [-0.25, -0.2) is 0 Å². The molecule has 106 valence electrons. The van der Waals surface area contributed by atoms with Crippen LogP contribution in [0.3, 0.4) is 0 Å². The molecular weight excluding hydrogens is 244 g/mol. The van der Waals surface area contributed by atoms with Gasteiger partial charge < -0.3 is 9.47 Å². The fourth-order valence-corrected chi connectivity index (χ4v) is 4.35. The Bertz CT molecular complexity index is 437. The summed E-state index contributed by atoms with van der Waals surface area (Å²) in [5.74, 6) is -1.51. The molecule has 4 unspecified atom stereocenters. The van der Waals surface area contributed by atoms with Gasteiger partial charge in [0.15, 0.2) is 0 Å². The first kappa shape index (κ1) is 14.1. The van der Waals surface area contributed by atoms with Crippen LogP contribution in [0.2, 0.25) is 0 Å². The van der Waals surface area contributed by atoms with Gasteiger partial charge in [0.05, 0.1) is 26.1 Å². The summed E-state index contributed by atoms with van der Waals surface area (Å²) in [5, 5.41) is 0. The lowest BCUT2D eigenvalue weighted by atomic mass is 9.65. The van der Waals surface area contributed by atoms with E-state index in [1.165, 1.54) is 25.4 Å². The zero-order valence-electron chi connectivity index (χ0n) is 12.5. The van der Waals surface area contributed by atoms with Gasteiger partial charge in [0.1, 0.15) is 0 Å². The normalized spacial score (nSPS) is 40.5. The summed E-state index contributed by atoms with van der Waals surface area (Å²) in [7, 11) is 2.75. The fourth-order valence-electron chi connectivity index (χ4n) is 4.35. The number of allylic oxidation sites excluding steroid dienone is 2. The summed E-state index contributed by atoms with van der Waals surface area (Å²) in [5.41, 5.74) is 1.83. The second-order valence-electron chi connectivity index (χ2n) is 6.26. The number of carbonyl (C=O) groups excluding carboxylic acids is 2. The molecule has 1 fully saturated rings. The number of methoxy groups -OCH3 is 2. The monoisotopic (exact) mass is 266 g/mol. The van der Waals surface area contributed by atoms with Gasteiger partial charge >= 0.3 is 11.9 Å². The summed E-state index contributed by atoms with van der Waals surface area (Å²) < 4.78 is 9.87. The fraction of sp³-hybridized carbons (Fsp3) is 0.733. The number of fused-ring (bicyclic) bond motifs is 2. The van der Waals surface area contributed by atoms with E-state index in [4.69, 9.17) is 9.47 Å². The lowest BCUT2D eigenvalue weighted by Gasteiger charge is -2.38. The van der Waals surface area contributed by atoms with Crippen molar-refractivity contribution in [1.29, 1.82) is 0 Å². The van der Waals surface area contributed by atoms with Crippen molar-refractivity contribution in [3.05, 3.63) is 11.1 Å². The summed E-state index contributed by atoms with van der Waals surface area (Å²) in [6.07, 6.45) is 0.803. The second kappa shape index (κ2) is 4.09. The van der Waals surface area contributed by atoms with E-state index in [0.717, 1.165) is 6.42 Å². The van der Waals surface area contributed by atoms with E-state index in [2.05, 4.69) is 27.7 Å². The van der Waals surface area contributed by atoms with Crippen LogP contribution in [0.4, 0.5) is 0 Å². The summed E-state index contributed by atoms with van der Waals surface area (Å²) >= 11 is 0. The molecule has 0 radical (unpaired) electrons. The third-order valence-electron chi connectivity index (χ3n) is 5.63. The van der Waals surface area contributed by atoms with Gasteiger partial charge in [-0.05, 0) is 20.3 Å². The van der Waals surface area contributed by atoms with E-state index < -0.39 is 11.8 Å². The van der Waals surface area contributed by atoms with Crippen molar-refractivity contribution in [2.45, 2.75) is 34.1 Å². The Kier molecular flexibility index (Phi) is 3.03. The SMILES string of the molecule is COC(=O)C1C(C(=O)OC)C2(C)CC1(C)C(C)=C2C. The lowest BCUT2D eigenvalue weighted by Crippen LogP contribution is -2.43. The van der Waals surface area contributed by atoms with Crippen LogP contribution in [0.25, 0.3) is 0 Å². The maximum absolute atomic E-state index is 12.2. The molecule has 0 aromatic carbocycles. The maximum atomic E-state index is 12.2. The highest BCUT2D eigenvalue weighted by molar-refractivity contribution is 5.86. The van der Waals surface area contributed by atoms with Crippen LogP contribution in [-0.4, -0.2) is 26.2 Å². The van der Waals surface area contributed by atoms with E-state index in [9.17, 15) is 9.59 Å². The van der Waals surface area contributed by atoms with E-state index in [1.807, 2.05) is 0 Å². The molecule has 4 heteroatoms. The Labute approximate surface area is 114 Å². The van der Waals surface area contributed by atoms with E-state index in [1.54, 1.807) is 0 Å². The third kappa shape index (κ3) is 1.52. The van der Waals surface area contributed by atoms with Crippen LogP contribution in [0, 0.1) is 22.7 Å². The Balaban J connectivity index is 2.60. The number of hydrogen-bond donors (Lipinski definition) is 0. The predicted octanol–water partition coefficient (Wildman–Crippen LogP) is 2.33. The summed E-state index contributed by atoms with van der Waals surface area (Å²) in [6.45, 7) is 8.23. The summed E-state index contributed by atoms with van der Waals surface area (Å²) in [6, 6.07) is 0. The maximum Gasteiger partial charge on any atom is 0.310 e. The van der Waals surface area contributed by atoms with E-state index >= 15 is 0 Å². The molecule has 0 saturated heterocycles. The quantitative estimate of drug-likeness (QED) is 0.568. The van der Waals surface area contributed by atoms with Gasteiger partial charge in [-0.2, -0.15) is 0 Å². The molecule has 0 spiro atoms. The predicted molar refractivity (Wildman–Crippen MR) is 70.2 cm³/mol. The van der Waals surface area contributed by atoms with Crippen molar-refractivity contribution in [3.8, 4) is 0 Å². The number of carbonyl (C=O) groups is 2. The average molecular weight is 266 g/mol. The highest BCUT2D eigenvalue weighted by atomic mass is 16.5. The molecule has 2 bridgehead atoms. The molecule has 0 aromatic heterocycles. The number of esters is 2. The molecular formula is C15H22O4. The minimum Gasteiger partial charge on any atom is -0.469 e. The number of ether oxygens (including phenoxy) is 2. The Morgan fingerprint density at radius 1 is 0.947 bits per heavy atom. The van der Waals surface area contributed by atoms with E-state index in [-0.39, 0.29) is 22.8 Å². The highest BCUT2D eigenvalue weighted by Crippen LogP contribution is 2.69. The van der Waals surface area contributed by atoms with Gasteiger partial charge in [-0.1, -0.05) is 25.0 Å². The smallest absolute Gasteiger partial charge is 0.310 e. The molecule has 2 rings (SSSR count). The average Bonchev–Trinajstić information content (AvgIpc) is 2.73. The zero-order valence-corrected chi connectivity index (χ0v) is 12.5. The first-order valence-corrected chi connectivity index (χ1v) is 6.58. The zero-order chi connectivity index (χ0) is 14.6. The molecule has 0 heterocycles. The van der Waals surface area contributed by atoms with Crippen LogP contribution in [-0.2, 0) is 19.1 Å². The van der Waals surface area contributed by atoms with Gasteiger partial charge in [0.2, 0.25) is 0 Å². The second-order valence-corrected chi connectivity index (χ2v) is 6.26. The molecule has 0 N–H and O–H groups in total. The standard InChI is InChI=1S/C15H22O4/c1-8-9(2)15(4)7-14(8,3)10(12(16)18-5)11(15)13(17)19-6/h10-11H,7H2,1-6H3. The molecule has 2 aliphatic rings. The van der Waals surface area contributed by atoms with Crippen molar-refractivity contribution in [2.75, 3.05) is 14.2 Å². The van der Waals surface area contributed by atoms with Crippen molar-refractivity contribution in [1.82, 2.24) is 0 Å². The van der Waals surface area contributed by atoms with Crippen molar-refractivity contribution in [3.63, 3.8) is 0 Å². The van der Waals surface area contributed by atoms with Crippen molar-refractivity contribution >= 4 is 11.9 Å². The van der Waals surface area contributed by atoms with Gasteiger partial charge in [-0.15, -0.1) is 0 Å². The van der Waals surface area contributed by atoms with Crippen LogP contribution >= 0.6 is 0 Å². The Morgan fingerprint density at radius 3 is 1.53 bits per heavy atom. The molecule has 0 aromatic rings. The Morgan fingerprint density at radius 2 is 1.26 bits per heavy atom. The largest absolute Gasteiger partial charge is 0.469 e. The molecule has 19 heavy (non-hydrogen) atoms. The molecule has 1 saturated carbocycles. The first-order valence-electron chi connectivity index (χ1n) is 6.58.